The van der Waals surface area contributed by atoms with Gasteiger partial charge in [-0.2, -0.15) is 0 Å². The van der Waals surface area contributed by atoms with Gasteiger partial charge in [-0.05, 0) is 81.3 Å². The van der Waals surface area contributed by atoms with Crippen molar-refractivity contribution in [1.29, 1.82) is 0 Å². The highest BCUT2D eigenvalue weighted by atomic mass is 19.1. The van der Waals surface area contributed by atoms with Crippen LogP contribution in [0.1, 0.15) is 66.7 Å². The van der Waals surface area contributed by atoms with Crippen LogP contribution >= 0.6 is 0 Å². The lowest BCUT2D eigenvalue weighted by Gasteiger charge is -2.30. The zero-order chi connectivity index (χ0) is 24.8. The second kappa shape index (κ2) is 9.40. The van der Waals surface area contributed by atoms with Gasteiger partial charge in [0.15, 0.2) is 6.10 Å². The van der Waals surface area contributed by atoms with Crippen molar-refractivity contribution in [2.45, 2.75) is 78.9 Å². The molecule has 184 valence electrons. The zero-order valence-corrected chi connectivity index (χ0v) is 21.2. The average Bonchev–Trinajstić information content (AvgIpc) is 3.35. The summed E-state index contributed by atoms with van der Waals surface area (Å²) in [6.07, 6.45) is -1.20. The third-order valence-electron chi connectivity index (χ3n) is 6.99. The van der Waals surface area contributed by atoms with Crippen LogP contribution in [-0.4, -0.2) is 52.4 Å². The number of aryl methyl sites for hydroxylation is 1. The summed E-state index contributed by atoms with van der Waals surface area (Å²) >= 11 is 0. The van der Waals surface area contributed by atoms with E-state index in [0.29, 0.717) is 13.0 Å². The van der Waals surface area contributed by atoms with Gasteiger partial charge in [0.2, 0.25) is 0 Å². The number of aliphatic carboxylic acids is 1. The van der Waals surface area contributed by atoms with Gasteiger partial charge in [0.25, 0.3) is 0 Å². The van der Waals surface area contributed by atoms with E-state index in [4.69, 9.17) is 4.74 Å². The number of hydrogen-bond donors (Lipinski definition) is 1. The van der Waals surface area contributed by atoms with Gasteiger partial charge in [-0.3, -0.25) is 9.80 Å². The molecule has 2 aliphatic rings. The highest BCUT2D eigenvalue weighted by Crippen LogP contribution is 2.43. The highest BCUT2D eigenvalue weighted by Gasteiger charge is 2.36. The van der Waals surface area contributed by atoms with Gasteiger partial charge in [-0.1, -0.05) is 29.8 Å². The third-order valence-corrected chi connectivity index (χ3v) is 6.99. The topological polar surface area (TPSA) is 53.0 Å². The molecule has 2 atom stereocenters. The Morgan fingerprint density at radius 2 is 1.71 bits per heavy atom. The van der Waals surface area contributed by atoms with Crippen LogP contribution in [0, 0.1) is 20.8 Å². The van der Waals surface area contributed by atoms with Gasteiger partial charge < -0.3 is 9.84 Å². The summed E-state index contributed by atoms with van der Waals surface area (Å²) in [7, 11) is 0. The molecule has 2 aliphatic heterocycles. The maximum Gasteiger partial charge on any atom is 0.337 e. The van der Waals surface area contributed by atoms with Crippen molar-refractivity contribution in [2.75, 3.05) is 19.8 Å². The van der Waals surface area contributed by atoms with Crippen molar-refractivity contribution in [3.8, 4) is 11.1 Å². The number of alkyl halides is 1. The Kier molecular flexibility index (Phi) is 6.87. The Bertz CT molecular complexity index is 1070. The first-order valence-electron chi connectivity index (χ1n) is 12.2. The Morgan fingerprint density at radius 1 is 1.09 bits per heavy atom. The summed E-state index contributed by atoms with van der Waals surface area (Å²) in [4.78, 5) is 17.0. The minimum Gasteiger partial charge on any atom is -0.479 e. The van der Waals surface area contributed by atoms with E-state index in [9.17, 15) is 14.3 Å². The van der Waals surface area contributed by atoms with E-state index < -0.39 is 23.8 Å². The summed E-state index contributed by atoms with van der Waals surface area (Å²) < 4.78 is 19.9. The molecule has 1 saturated heterocycles. The number of nitrogens with zero attached hydrogens (tertiary/aromatic N) is 2. The van der Waals surface area contributed by atoms with E-state index in [1.165, 1.54) is 11.1 Å². The summed E-state index contributed by atoms with van der Waals surface area (Å²) in [5, 5.41) is 10.3. The van der Waals surface area contributed by atoms with E-state index in [0.717, 1.165) is 59.7 Å². The molecule has 6 heteroatoms. The molecular formula is C28H37FN2O3. The van der Waals surface area contributed by atoms with Crippen LogP contribution in [0.3, 0.4) is 0 Å². The molecule has 0 aromatic heterocycles. The maximum atomic E-state index is 13.7. The van der Waals surface area contributed by atoms with Crippen molar-refractivity contribution in [3.05, 3.63) is 57.6 Å². The third kappa shape index (κ3) is 5.04. The predicted molar refractivity (Wildman–Crippen MR) is 133 cm³/mol. The van der Waals surface area contributed by atoms with Crippen LogP contribution in [0.2, 0.25) is 0 Å². The molecule has 5 nitrogen and oxygen atoms in total. The molecule has 1 fully saturated rings. The lowest BCUT2D eigenvalue weighted by atomic mass is 9.83. The SMILES string of the molecule is Cc1ccc(-c2c(C)c3c(c(C)c2[C@H](OC(C)(C)C)C(=O)O)CN(CN2CC[C@@H](F)C2)C3)cc1. The summed E-state index contributed by atoms with van der Waals surface area (Å²) in [6.45, 7) is 15.4. The fourth-order valence-corrected chi connectivity index (χ4v) is 5.39. The largest absolute Gasteiger partial charge is 0.479 e. The van der Waals surface area contributed by atoms with E-state index in [-0.39, 0.29) is 0 Å². The van der Waals surface area contributed by atoms with E-state index in [2.05, 4.69) is 41.0 Å². The van der Waals surface area contributed by atoms with Gasteiger partial charge in [-0.25, -0.2) is 9.18 Å². The number of ether oxygens (including phenoxy) is 1. The first-order chi connectivity index (χ1) is 15.9. The van der Waals surface area contributed by atoms with Crippen LogP contribution in [-0.2, 0) is 22.6 Å². The molecule has 0 spiro atoms. The average molecular weight is 469 g/mol. The molecule has 1 N–H and O–H groups in total. The van der Waals surface area contributed by atoms with Crippen molar-refractivity contribution in [3.63, 3.8) is 0 Å². The molecule has 2 heterocycles. The molecular weight excluding hydrogens is 431 g/mol. The maximum absolute atomic E-state index is 13.7. The Balaban J connectivity index is 1.82. The van der Waals surface area contributed by atoms with Crippen molar-refractivity contribution >= 4 is 5.97 Å². The van der Waals surface area contributed by atoms with Crippen LogP contribution in [0.15, 0.2) is 24.3 Å². The van der Waals surface area contributed by atoms with E-state index in [1.54, 1.807) is 0 Å². The van der Waals surface area contributed by atoms with Gasteiger partial charge in [0, 0.05) is 31.7 Å². The number of hydrogen-bond acceptors (Lipinski definition) is 4. The van der Waals surface area contributed by atoms with Crippen molar-refractivity contribution in [2.24, 2.45) is 0 Å². The molecule has 2 aromatic rings. The number of benzene rings is 2. The highest BCUT2D eigenvalue weighted by molar-refractivity contribution is 5.84. The number of rotatable bonds is 6. The monoisotopic (exact) mass is 468 g/mol. The minimum atomic E-state index is -1.07. The fourth-order valence-electron chi connectivity index (χ4n) is 5.39. The smallest absolute Gasteiger partial charge is 0.337 e. The lowest BCUT2D eigenvalue weighted by Crippen LogP contribution is -2.33. The molecule has 0 bridgehead atoms. The van der Waals surface area contributed by atoms with Gasteiger partial charge >= 0.3 is 5.97 Å². The van der Waals surface area contributed by atoms with Crippen LogP contribution in [0.5, 0.6) is 0 Å². The molecule has 0 unspecified atom stereocenters. The molecule has 4 rings (SSSR count). The van der Waals surface area contributed by atoms with Gasteiger partial charge in [-0.15, -0.1) is 0 Å². The lowest BCUT2D eigenvalue weighted by molar-refractivity contribution is -0.160. The molecule has 0 radical (unpaired) electrons. The zero-order valence-electron chi connectivity index (χ0n) is 21.2. The first-order valence-corrected chi connectivity index (χ1v) is 12.2. The molecule has 34 heavy (non-hydrogen) atoms. The fraction of sp³-hybridized carbons (Fsp3) is 0.536. The number of carboxylic acids is 1. The van der Waals surface area contributed by atoms with Crippen molar-refractivity contribution in [1.82, 2.24) is 9.80 Å². The number of fused-ring (bicyclic) bond motifs is 1. The minimum absolute atomic E-state index is 0.491. The predicted octanol–water partition coefficient (Wildman–Crippen LogP) is 5.54. The molecule has 2 aromatic carbocycles. The van der Waals surface area contributed by atoms with E-state index in [1.807, 2.05) is 34.6 Å². The normalized spacial score (nSPS) is 20.0. The molecule has 0 aliphatic carbocycles. The Hall–Kier alpha value is -2.28. The van der Waals surface area contributed by atoms with Crippen LogP contribution in [0.25, 0.3) is 11.1 Å². The van der Waals surface area contributed by atoms with Gasteiger partial charge in [0.1, 0.15) is 6.17 Å². The Labute approximate surface area is 202 Å². The number of halogens is 1. The number of likely N-dealkylation sites (tertiary alicyclic amines) is 1. The van der Waals surface area contributed by atoms with Crippen LogP contribution < -0.4 is 0 Å². The van der Waals surface area contributed by atoms with Crippen molar-refractivity contribution < 1.29 is 19.0 Å². The molecule has 0 amide bonds. The number of carboxylic acid groups (broad SMARTS) is 1. The standard InChI is InChI=1S/C28H37FN2O3/c1-17-7-9-20(10-8-17)24-18(2)22-14-31(16-30-12-11-21(29)13-30)15-23(22)19(3)25(24)26(27(32)33)34-28(4,5)6/h7-10,21,26H,11-16H2,1-6H3,(H,32,33)/t21-,26+/m1/s1. The van der Waals surface area contributed by atoms with Gasteiger partial charge in [0.05, 0.1) is 12.3 Å². The molecule has 0 saturated carbocycles. The first kappa shape index (κ1) is 24.8. The number of carbonyl (C=O) groups is 1. The summed E-state index contributed by atoms with van der Waals surface area (Å²) in [5.74, 6) is -0.980. The summed E-state index contributed by atoms with van der Waals surface area (Å²) in [5.41, 5.74) is 7.79. The van der Waals surface area contributed by atoms with Crippen LogP contribution in [0.4, 0.5) is 4.39 Å². The van der Waals surface area contributed by atoms with E-state index >= 15 is 0 Å². The second-order valence-electron chi connectivity index (χ2n) is 10.9. The quantitative estimate of drug-likeness (QED) is 0.604. The second-order valence-corrected chi connectivity index (χ2v) is 10.9. The Morgan fingerprint density at radius 3 is 2.24 bits per heavy atom. The summed E-state index contributed by atoms with van der Waals surface area (Å²) in [6, 6.07) is 8.27.